The summed E-state index contributed by atoms with van der Waals surface area (Å²) in [7, 11) is -1.60. The SMILES string of the molecule is CNCC1CCCCN1S(=O)(=O)c1ccc(Br)cc1Br. The van der Waals surface area contributed by atoms with Gasteiger partial charge in [-0.1, -0.05) is 22.4 Å². The third kappa shape index (κ3) is 3.44. The second-order valence-corrected chi connectivity index (χ2v) is 8.53. The first-order valence-electron chi connectivity index (χ1n) is 6.58. The average molecular weight is 426 g/mol. The van der Waals surface area contributed by atoms with Crippen LogP contribution in [-0.2, 0) is 10.0 Å². The van der Waals surface area contributed by atoms with Crippen LogP contribution in [-0.4, -0.2) is 38.9 Å². The maximum Gasteiger partial charge on any atom is 0.244 e. The Labute approximate surface area is 137 Å². The lowest BCUT2D eigenvalue weighted by Gasteiger charge is -2.34. The van der Waals surface area contributed by atoms with Crippen molar-refractivity contribution in [2.24, 2.45) is 0 Å². The van der Waals surface area contributed by atoms with E-state index in [0.717, 1.165) is 23.7 Å². The topological polar surface area (TPSA) is 49.4 Å². The monoisotopic (exact) mass is 424 g/mol. The van der Waals surface area contributed by atoms with Crippen molar-refractivity contribution in [1.29, 1.82) is 0 Å². The highest BCUT2D eigenvalue weighted by atomic mass is 79.9. The highest BCUT2D eigenvalue weighted by Gasteiger charge is 2.34. The summed E-state index contributed by atoms with van der Waals surface area (Å²) >= 11 is 6.70. The molecule has 0 spiro atoms. The average Bonchev–Trinajstić information content (AvgIpc) is 2.39. The van der Waals surface area contributed by atoms with Gasteiger partial charge in [0.15, 0.2) is 0 Å². The van der Waals surface area contributed by atoms with E-state index in [9.17, 15) is 8.42 Å². The third-order valence-corrected chi connectivity index (χ3v) is 6.92. The maximum atomic E-state index is 12.9. The van der Waals surface area contributed by atoms with Gasteiger partial charge in [0, 0.05) is 28.1 Å². The van der Waals surface area contributed by atoms with E-state index in [2.05, 4.69) is 37.2 Å². The minimum atomic E-state index is -3.46. The van der Waals surface area contributed by atoms with Gasteiger partial charge < -0.3 is 5.32 Å². The first-order chi connectivity index (χ1) is 9.46. The zero-order valence-electron chi connectivity index (χ0n) is 11.3. The van der Waals surface area contributed by atoms with Crippen LogP contribution in [0.25, 0.3) is 0 Å². The zero-order valence-corrected chi connectivity index (χ0v) is 15.3. The number of nitrogens with zero attached hydrogens (tertiary/aromatic N) is 1. The molecule has 1 atom stereocenters. The van der Waals surface area contributed by atoms with Gasteiger partial charge in [-0.25, -0.2) is 8.42 Å². The lowest BCUT2D eigenvalue weighted by Crippen LogP contribution is -2.47. The van der Waals surface area contributed by atoms with Crippen LogP contribution in [0.4, 0.5) is 0 Å². The quantitative estimate of drug-likeness (QED) is 0.806. The van der Waals surface area contributed by atoms with Crippen molar-refractivity contribution in [3.05, 3.63) is 27.1 Å². The summed E-state index contributed by atoms with van der Waals surface area (Å²) in [6.45, 7) is 1.28. The van der Waals surface area contributed by atoms with Gasteiger partial charge in [-0.05, 0) is 54.0 Å². The van der Waals surface area contributed by atoms with E-state index in [-0.39, 0.29) is 6.04 Å². The number of piperidine rings is 1. The minimum absolute atomic E-state index is 0.0364. The van der Waals surface area contributed by atoms with E-state index < -0.39 is 10.0 Å². The predicted molar refractivity (Wildman–Crippen MR) is 87.3 cm³/mol. The van der Waals surface area contributed by atoms with Gasteiger partial charge in [0.1, 0.15) is 0 Å². The van der Waals surface area contributed by atoms with E-state index in [1.165, 1.54) is 0 Å². The van der Waals surface area contributed by atoms with Gasteiger partial charge in [-0.2, -0.15) is 4.31 Å². The standard InChI is InChI=1S/C13H18Br2N2O2S/c1-16-9-11-4-2-3-7-17(11)20(18,19)13-6-5-10(14)8-12(13)15/h5-6,8,11,16H,2-4,7,9H2,1H3. The molecule has 0 radical (unpaired) electrons. The van der Waals surface area contributed by atoms with Gasteiger partial charge in [0.2, 0.25) is 10.0 Å². The number of benzene rings is 1. The number of hydrogen-bond donors (Lipinski definition) is 1. The molecule has 1 fully saturated rings. The fraction of sp³-hybridized carbons (Fsp3) is 0.538. The molecule has 1 heterocycles. The summed E-state index contributed by atoms with van der Waals surface area (Å²) in [4.78, 5) is 0.337. The van der Waals surface area contributed by atoms with E-state index in [4.69, 9.17) is 0 Å². The molecule has 1 unspecified atom stereocenters. The van der Waals surface area contributed by atoms with Crippen LogP contribution in [0.1, 0.15) is 19.3 Å². The van der Waals surface area contributed by atoms with Crippen LogP contribution in [0.5, 0.6) is 0 Å². The molecule has 1 aliphatic rings. The van der Waals surface area contributed by atoms with Crippen LogP contribution in [0.2, 0.25) is 0 Å². The maximum absolute atomic E-state index is 12.9. The molecular weight excluding hydrogens is 408 g/mol. The molecule has 4 nitrogen and oxygen atoms in total. The highest BCUT2D eigenvalue weighted by molar-refractivity contribution is 9.11. The molecule has 1 aliphatic heterocycles. The van der Waals surface area contributed by atoms with Gasteiger partial charge in [-0.15, -0.1) is 0 Å². The normalized spacial score (nSPS) is 21.1. The van der Waals surface area contributed by atoms with Crippen molar-refractivity contribution < 1.29 is 8.42 Å². The molecule has 1 saturated heterocycles. The number of nitrogens with one attached hydrogen (secondary N) is 1. The number of hydrogen-bond acceptors (Lipinski definition) is 3. The number of rotatable bonds is 4. The lowest BCUT2D eigenvalue weighted by molar-refractivity contribution is 0.249. The van der Waals surface area contributed by atoms with Crippen LogP contribution >= 0.6 is 31.9 Å². The van der Waals surface area contributed by atoms with Gasteiger partial charge in [0.25, 0.3) is 0 Å². The van der Waals surface area contributed by atoms with Crippen LogP contribution < -0.4 is 5.32 Å². The van der Waals surface area contributed by atoms with E-state index >= 15 is 0 Å². The fourth-order valence-electron chi connectivity index (χ4n) is 2.54. The van der Waals surface area contributed by atoms with Gasteiger partial charge >= 0.3 is 0 Å². The molecule has 1 aromatic carbocycles. The molecule has 0 bridgehead atoms. The molecule has 7 heteroatoms. The van der Waals surface area contributed by atoms with Crippen LogP contribution in [0.3, 0.4) is 0 Å². The second-order valence-electron chi connectivity index (χ2n) is 4.90. The van der Waals surface area contributed by atoms with Gasteiger partial charge in [-0.3, -0.25) is 0 Å². The largest absolute Gasteiger partial charge is 0.318 e. The third-order valence-electron chi connectivity index (χ3n) is 3.49. The molecule has 0 aromatic heterocycles. The Balaban J connectivity index is 2.37. The molecule has 0 saturated carbocycles. The Hall–Kier alpha value is 0.0500. The number of sulfonamides is 1. The van der Waals surface area contributed by atoms with Crippen LogP contribution in [0.15, 0.2) is 32.0 Å². The lowest BCUT2D eigenvalue weighted by atomic mass is 10.1. The summed E-state index contributed by atoms with van der Waals surface area (Å²) in [6.07, 6.45) is 2.92. The first-order valence-corrected chi connectivity index (χ1v) is 9.61. The Morgan fingerprint density at radius 2 is 2.10 bits per heavy atom. The van der Waals surface area contributed by atoms with Gasteiger partial charge in [0.05, 0.1) is 4.90 Å². The van der Waals surface area contributed by atoms with Crippen molar-refractivity contribution in [3.8, 4) is 0 Å². The van der Waals surface area contributed by atoms with E-state index in [1.807, 2.05) is 7.05 Å². The Morgan fingerprint density at radius 3 is 2.75 bits per heavy atom. The van der Waals surface area contributed by atoms with E-state index in [0.29, 0.717) is 22.5 Å². The summed E-state index contributed by atoms with van der Waals surface area (Å²) in [6, 6.07) is 5.21. The molecule has 0 aliphatic carbocycles. The number of likely N-dealkylation sites (N-methyl/N-ethyl adjacent to an activating group) is 1. The van der Waals surface area contributed by atoms with E-state index in [1.54, 1.807) is 22.5 Å². The Bertz CT molecular complexity index is 576. The second kappa shape index (κ2) is 6.87. The van der Waals surface area contributed by atoms with Crippen molar-refractivity contribution in [3.63, 3.8) is 0 Å². The van der Waals surface area contributed by atoms with Crippen molar-refractivity contribution in [2.75, 3.05) is 20.1 Å². The smallest absolute Gasteiger partial charge is 0.244 e. The van der Waals surface area contributed by atoms with Crippen LogP contribution in [0, 0.1) is 0 Å². The predicted octanol–water partition coefficient (Wildman–Crippen LogP) is 2.97. The zero-order chi connectivity index (χ0) is 14.8. The summed E-state index contributed by atoms with van der Waals surface area (Å²) in [5, 5.41) is 3.09. The molecule has 2 rings (SSSR count). The van der Waals surface area contributed by atoms with Crippen molar-refractivity contribution >= 4 is 41.9 Å². The highest BCUT2D eigenvalue weighted by Crippen LogP contribution is 2.31. The Morgan fingerprint density at radius 1 is 1.35 bits per heavy atom. The van der Waals surface area contributed by atoms with Crippen molar-refractivity contribution in [2.45, 2.75) is 30.2 Å². The molecule has 1 N–H and O–H groups in total. The molecule has 112 valence electrons. The summed E-state index contributed by atoms with van der Waals surface area (Å²) in [5.74, 6) is 0. The molecule has 0 amide bonds. The minimum Gasteiger partial charge on any atom is -0.318 e. The summed E-state index contributed by atoms with van der Waals surface area (Å²) < 4.78 is 28.8. The fourth-order valence-corrected chi connectivity index (χ4v) is 5.94. The molecule has 1 aromatic rings. The first kappa shape index (κ1) is 16.4. The Kier molecular flexibility index (Phi) is 5.64. The number of halogens is 2. The molecular formula is C13H18Br2N2O2S. The summed E-state index contributed by atoms with van der Waals surface area (Å²) in [5.41, 5.74) is 0. The van der Waals surface area contributed by atoms with Crippen molar-refractivity contribution in [1.82, 2.24) is 9.62 Å². The molecule has 20 heavy (non-hydrogen) atoms.